The Morgan fingerprint density at radius 3 is 2.38 bits per heavy atom. The third-order valence-corrected chi connectivity index (χ3v) is 4.98. The van der Waals surface area contributed by atoms with Gasteiger partial charge in [-0.1, -0.05) is 12.1 Å². The van der Waals surface area contributed by atoms with Crippen molar-refractivity contribution in [2.24, 2.45) is 0 Å². The van der Waals surface area contributed by atoms with Crippen LogP contribution in [0.1, 0.15) is 51.3 Å². The smallest absolute Gasteiger partial charge is 0.417 e. The number of rotatable bonds is 3. The Hall–Kier alpha value is -3.24. The van der Waals surface area contributed by atoms with E-state index in [9.17, 15) is 27.6 Å². The van der Waals surface area contributed by atoms with E-state index in [1.54, 1.807) is 12.1 Å². The molecule has 11 heteroatoms. The average Bonchev–Trinajstić information content (AvgIpc) is 3.29. The Morgan fingerprint density at radius 1 is 1.14 bits per heavy atom. The standard InChI is InChI=1S/C18H15F3N4O4/c19-18(20,21)17-23-22-14(29-17)10-4-3-7-24(8-10)13(26)9-25-15(27)11-5-1-2-6-12(11)16(25)28/h1-2,5-6,10H,3-4,7-9H2. The fourth-order valence-corrected chi connectivity index (χ4v) is 3.54. The number of amides is 3. The maximum Gasteiger partial charge on any atom is 0.470 e. The lowest BCUT2D eigenvalue weighted by molar-refractivity contribution is -0.157. The van der Waals surface area contributed by atoms with Crippen LogP contribution in [0.5, 0.6) is 0 Å². The highest BCUT2D eigenvalue weighted by Gasteiger charge is 2.40. The topological polar surface area (TPSA) is 96.6 Å². The lowest BCUT2D eigenvalue weighted by Gasteiger charge is -2.32. The molecule has 8 nitrogen and oxygen atoms in total. The Morgan fingerprint density at radius 2 is 1.79 bits per heavy atom. The number of alkyl halides is 3. The zero-order valence-electron chi connectivity index (χ0n) is 15.0. The van der Waals surface area contributed by atoms with Gasteiger partial charge >= 0.3 is 12.1 Å². The Balaban J connectivity index is 1.44. The van der Waals surface area contributed by atoms with Crippen molar-refractivity contribution in [1.82, 2.24) is 20.0 Å². The van der Waals surface area contributed by atoms with E-state index < -0.39 is 42.3 Å². The van der Waals surface area contributed by atoms with Crippen LogP contribution in [0, 0.1) is 0 Å². The number of carbonyl (C=O) groups excluding carboxylic acids is 3. The normalized spacial score (nSPS) is 19.6. The second-order valence-electron chi connectivity index (χ2n) is 6.86. The molecule has 0 radical (unpaired) electrons. The monoisotopic (exact) mass is 408 g/mol. The molecule has 2 aromatic rings. The fraction of sp³-hybridized carbons (Fsp3) is 0.389. The van der Waals surface area contributed by atoms with E-state index in [0.29, 0.717) is 19.4 Å². The molecule has 1 atom stereocenters. The molecule has 3 heterocycles. The van der Waals surface area contributed by atoms with Crippen molar-refractivity contribution in [3.05, 3.63) is 47.2 Å². The van der Waals surface area contributed by atoms with Crippen molar-refractivity contribution >= 4 is 17.7 Å². The van der Waals surface area contributed by atoms with E-state index >= 15 is 0 Å². The van der Waals surface area contributed by atoms with Crippen molar-refractivity contribution in [2.75, 3.05) is 19.6 Å². The van der Waals surface area contributed by atoms with Gasteiger partial charge in [-0.2, -0.15) is 13.2 Å². The van der Waals surface area contributed by atoms with E-state index in [0.717, 1.165) is 4.90 Å². The maximum atomic E-state index is 12.7. The van der Waals surface area contributed by atoms with Gasteiger partial charge in [0.1, 0.15) is 6.54 Å². The van der Waals surface area contributed by atoms with Crippen molar-refractivity contribution in [1.29, 1.82) is 0 Å². The summed E-state index contributed by atoms with van der Waals surface area (Å²) in [7, 11) is 0. The number of carbonyl (C=O) groups is 3. The zero-order valence-corrected chi connectivity index (χ0v) is 15.0. The first kappa shape index (κ1) is 19.1. The van der Waals surface area contributed by atoms with Gasteiger partial charge in [-0.05, 0) is 25.0 Å². The van der Waals surface area contributed by atoms with Crippen LogP contribution in [0.3, 0.4) is 0 Å². The first-order chi connectivity index (χ1) is 13.8. The van der Waals surface area contributed by atoms with Gasteiger partial charge in [-0.25, -0.2) is 0 Å². The zero-order chi connectivity index (χ0) is 20.8. The van der Waals surface area contributed by atoms with E-state index in [1.165, 1.54) is 17.0 Å². The molecular weight excluding hydrogens is 393 g/mol. The Kier molecular flexibility index (Phi) is 4.59. The number of hydrogen-bond acceptors (Lipinski definition) is 6. The third-order valence-electron chi connectivity index (χ3n) is 4.98. The van der Waals surface area contributed by atoms with E-state index in [-0.39, 0.29) is 23.6 Å². The Bertz CT molecular complexity index is 952. The Labute approximate surface area is 162 Å². The van der Waals surface area contributed by atoms with Crippen molar-refractivity contribution in [3.8, 4) is 0 Å². The van der Waals surface area contributed by atoms with Gasteiger partial charge in [0.15, 0.2) is 0 Å². The van der Waals surface area contributed by atoms with Gasteiger partial charge in [0.05, 0.1) is 17.0 Å². The average molecular weight is 408 g/mol. The lowest BCUT2D eigenvalue weighted by Crippen LogP contribution is -2.46. The highest BCUT2D eigenvalue weighted by atomic mass is 19.4. The number of fused-ring (bicyclic) bond motifs is 1. The van der Waals surface area contributed by atoms with Crippen LogP contribution in [0.2, 0.25) is 0 Å². The summed E-state index contributed by atoms with van der Waals surface area (Å²) in [4.78, 5) is 39.8. The number of likely N-dealkylation sites (tertiary alicyclic amines) is 1. The summed E-state index contributed by atoms with van der Waals surface area (Å²) in [5.41, 5.74) is 0.486. The molecule has 0 saturated carbocycles. The summed E-state index contributed by atoms with van der Waals surface area (Å²) in [5.74, 6) is -3.71. The SMILES string of the molecule is O=C(CN1C(=O)c2ccccc2C1=O)N1CCCC(c2nnc(C(F)(F)F)o2)C1. The van der Waals surface area contributed by atoms with Crippen LogP contribution < -0.4 is 0 Å². The molecule has 4 rings (SSSR count). The molecule has 2 aliphatic heterocycles. The molecule has 0 spiro atoms. The minimum Gasteiger partial charge on any atom is -0.417 e. The molecule has 1 aromatic heterocycles. The quantitative estimate of drug-likeness (QED) is 0.722. The molecular formula is C18H15F3N4O4. The minimum atomic E-state index is -4.74. The van der Waals surface area contributed by atoms with Crippen molar-refractivity contribution in [2.45, 2.75) is 24.9 Å². The molecule has 3 amide bonds. The van der Waals surface area contributed by atoms with Crippen molar-refractivity contribution < 1.29 is 32.0 Å². The van der Waals surface area contributed by atoms with Gasteiger partial charge in [0.2, 0.25) is 11.8 Å². The largest absolute Gasteiger partial charge is 0.470 e. The van der Waals surface area contributed by atoms with E-state index in [2.05, 4.69) is 10.2 Å². The summed E-state index contributed by atoms with van der Waals surface area (Å²) >= 11 is 0. The highest BCUT2D eigenvalue weighted by molar-refractivity contribution is 6.22. The van der Waals surface area contributed by atoms with Gasteiger partial charge in [0, 0.05) is 13.1 Å². The fourth-order valence-electron chi connectivity index (χ4n) is 3.54. The van der Waals surface area contributed by atoms with Crippen LogP contribution in [0.4, 0.5) is 13.2 Å². The number of imide groups is 1. The highest BCUT2D eigenvalue weighted by Crippen LogP contribution is 2.32. The summed E-state index contributed by atoms with van der Waals surface area (Å²) in [6.07, 6.45) is -3.74. The van der Waals surface area contributed by atoms with Crippen molar-refractivity contribution in [3.63, 3.8) is 0 Å². The molecule has 1 unspecified atom stereocenters. The first-order valence-corrected chi connectivity index (χ1v) is 8.89. The van der Waals surface area contributed by atoms with Gasteiger partial charge < -0.3 is 9.32 Å². The number of hydrogen-bond donors (Lipinski definition) is 0. The number of benzene rings is 1. The molecule has 0 bridgehead atoms. The van der Waals surface area contributed by atoms with Gasteiger partial charge in [-0.15, -0.1) is 10.2 Å². The second-order valence-corrected chi connectivity index (χ2v) is 6.86. The molecule has 2 aliphatic rings. The predicted octanol–water partition coefficient (Wildman–Crippen LogP) is 2.09. The number of halogens is 3. The predicted molar refractivity (Wildman–Crippen MR) is 89.7 cm³/mol. The first-order valence-electron chi connectivity index (χ1n) is 8.89. The minimum absolute atomic E-state index is 0.0709. The number of nitrogens with zero attached hydrogens (tertiary/aromatic N) is 4. The van der Waals surface area contributed by atoms with Gasteiger partial charge in [0.25, 0.3) is 11.8 Å². The van der Waals surface area contributed by atoms with Crippen LogP contribution in [0.25, 0.3) is 0 Å². The molecule has 0 aliphatic carbocycles. The van der Waals surface area contributed by atoms with Crippen LogP contribution >= 0.6 is 0 Å². The summed E-state index contributed by atoms with van der Waals surface area (Å²) in [6, 6.07) is 6.30. The van der Waals surface area contributed by atoms with E-state index in [4.69, 9.17) is 4.42 Å². The van der Waals surface area contributed by atoms with Crippen LogP contribution in [0.15, 0.2) is 28.7 Å². The summed E-state index contributed by atoms with van der Waals surface area (Å²) in [5, 5.41) is 6.48. The lowest BCUT2D eigenvalue weighted by atomic mass is 9.98. The molecule has 0 N–H and O–H groups in total. The summed E-state index contributed by atoms with van der Waals surface area (Å²) < 4.78 is 42.7. The molecule has 1 saturated heterocycles. The summed E-state index contributed by atoms with van der Waals surface area (Å²) in [6.45, 7) is -0.00301. The molecule has 1 aromatic carbocycles. The second kappa shape index (κ2) is 6.98. The molecule has 29 heavy (non-hydrogen) atoms. The van der Waals surface area contributed by atoms with Crippen LogP contribution in [-0.4, -0.2) is 57.4 Å². The third kappa shape index (κ3) is 3.47. The molecule has 152 valence electrons. The molecule has 1 fully saturated rings. The van der Waals surface area contributed by atoms with E-state index in [1.807, 2.05) is 0 Å². The number of aromatic nitrogens is 2. The maximum absolute atomic E-state index is 12.7. The van der Waals surface area contributed by atoms with Crippen LogP contribution in [-0.2, 0) is 11.0 Å². The van der Waals surface area contributed by atoms with Gasteiger partial charge in [-0.3, -0.25) is 19.3 Å². The number of piperidine rings is 1.